The van der Waals surface area contributed by atoms with Crippen molar-refractivity contribution in [2.24, 2.45) is 11.7 Å². The van der Waals surface area contributed by atoms with E-state index in [9.17, 15) is 14.4 Å². The molecule has 1 saturated carbocycles. The zero-order chi connectivity index (χ0) is 22.3. The largest absolute Gasteiger partial charge is 0.495 e. The quantitative estimate of drug-likeness (QED) is 0.410. The number of ether oxygens (including phenoxy) is 1. The molecule has 2 unspecified atom stereocenters. The number of amides is 2. The Labute approximate surface area is 181 Å². The predicted octanol–water partition coefficient (Wildman–Crippen LogP) is 1.93. The van der Waals surface area contributed by atoms with Crippen LogP contribution in [0, 0.1) is 5.92 Å². The smallest absolute Gasteiger partial charge is 0.278 e. The van der Waals surface area contributed by atoms with Crippen LogP contribution in [0.4, 0.5) is 11.4 Å². The third-order valence-corrected chi connectivity index (χ3v) is 5.37. The van der Waals surface area contributed by atoms with Crippen molar-refractivity contribution in [3.8, 4) is 5.75 Å². The Kier molecular flexibility index (Phi) is 5.32. The Morgan fingerprint density at radius 1 is 1.35 bits per heavy atom. The minimum absolute atomic E-state index is 0.170. The monoisotopic (exact) mass is 444 g/mol. The van der Waals surface area contributed by atoms with Gasteiger partial charge in [-0.3, -0.25) is 19.5 Å². The highest BCUT2D eigenvalue weighted by atomic mass is 35.5. The zero-order valence-corrected chi connectivity index (χ0v) is 17.6. The standard InChI is InChI=1S/C20H21ClN6O4/c1-3-23-19(29)9-4-5-11(14(6-9)31-2)24-12-8-15(21)25-18-16(12)20(30)27(26-18)13-7-10(13)17(22)28/h4-6,8,10,13H,3,7H2,1-2H3,(H2,22,28)(H,23,29)(H2,24,25,26). The van der Waals surface area contributed by atoms with Crippen LogP contribution in [0.3, 0.4) is 0 Å². The summed E-state index contributed by atoms with van der Waals surface area (Å²) in [6.07, 6.45) is 0.494. The molecule has 1 fully saturated rings. The first-order chi connectivity index (χ1) is 14.8. The second-order valence-electron chi connectivity index (χ2n) is 7.21. The number of rotatable bonds is 7. The third kappa shape index (κ3) is 3.81. The fraction of sp³-hybridized carbons (Fsp3) is 0.300. The Morgan fingerprint density at radius 2 is 2.13 bits per heavy atom. The van der Waals surface area contributed by atoms with Crippen LogP contribution in [0.2, 0.25) is 5.15 Å². The highest BCUT2D eigenvalue weighted by Crippen LogP contribution is 2.42. The molecule has 2 amide bonds. The lowest BCUT2D eigenvalue weighted by Crippen LogP contribution is -2.22. The lowest BCUT2D eigenvalue weighted by Gasteiger charge is -2.13. The Morgan fingerprint density at radius 3 is 2.77 bits per heavy atom. The van der Waals surface area contributed by atoms with Crippen molar-refractivity contribution >= 4 is 45.8 Å². The number of fused-ring (bicyclic) bond motifs is 1. The van der Waals surface area contributed by atoms with Gasteiger partial charge in [-0.15, -0.1) is 0 Å². The van der Waals surface area contributed by atoms with Gasteiger partial charge in [0.05, 0.1) is 30.4 Å². The summed E-state index contributed by atoms with van der Waals surface area (Å²) < 4.78 is 6.78. The average Bonchev–Trinajstić information content (AvgIpc) is 3.46. The number of carbonyl (C=O) groups excluding carboxylic acids is 2. The number of carbonyl (C=O) groups is 2. The van der Waals surface area contributed by atoms with Crippen LogP contribution < -0.4 is 26.7 Å². The van der Waals surface area contributed by atoms with E-state index in [2.05, 4.69) is 20.7 Å². The number of aromatic nitrogens is 3. The lowest BCUT2D eigenvalue weighted by atomic mass is 10.1. The number of hydrogen-bond donors (Lipinski definition) is 4. The molecule has 5 N–H and O–H groups in total. The molecule has 0 bridgehead atoms. The van der Waals surface area contributed by atoms with Gasteiger partial charge in [0.1, 0.15) is 16.3 Å². The molecule has 1 aliphatic carbocycles. The Hall–Kier alpha value is -3.53. The molecule has 0 saturated heterocycles. The van der Waals surface area contributed by atoms with Crippen molar-refractivity contribution in [3.05, 3.63) is 45.3 Å². The Balaban J connectivity index is 1.73. The number of methoxy groups -OCH3 is 1. The maximum absolute atomic E-state index is 13.0. The second kappa shape index (κ2) is 7.95. The van der Waals surface area contributed by atoms with E-state index in [4.69, 9.17) is 22.1 Å². The van der Waals surface area contributed by atoms with Gasteiger partial charge in [0, 0.05) is 12.1 Å². The van der Waals surface area contributed by atoms with Gasteiger partial charge in [0.15, 0.2) is 5.65 Å². The molecule has 0 spiro atoms. The van der Waals surface area contributed by atoms with Crippen molar-refractivity contribution in [2.45, 2.75) is 19.4 Å². The van der Waals surface area contributed by atoms with Crippen LogP contribution >= 0.6 is 11.6 Å². The number of nitrogens with zero attached hydrogens (tertiary/aromatic N) is 2. The molecule has 0 radical (unpaired) electrons. The first-order valence-corrected chi connectivity index (χ1v) is 10.0. The summed E-state index contributed by atoms with van der Waals surface area (Å²) in [5.74, 6) is -0.642. The number of aromatic amines is 1. The summed E-state index contributed by atoms with van der Waals surface area (Å²) in [5, 5.41) is 9.25. The number of H-pyrrole nitrogens is 1. The van der Waals surface area contributed by atoms with Crippen LogP contribution in [0.15, 0.2) is 29.1 Å². The number of nitrogens with one attached hydrogen (secondary N) is 3. The molecule has 1 aromatic carbocycles. The number of hydrogen-bond acceptors (Lipinski definition) is 6. The van der Waals surface area contributed by atoms with Gasteiger partial charge in [0.25, 0.3) is 11.5 Å². The summed E-state index contributed by atoms with van der Waals surface area (Å²) in [7, 11) is 1.48. The first kappa shape index (κ1) is 20.7. The lowest BCUT2D eigenvalue weighted by molar-refractivity contribution is -0.119. The SMILES string of the molecule is CCNC(=O)c1ccc(Nc2cc(Cl)nc3[nH]n(C4CC4C(N)=O)c(=O)c23)c(OC)c1. The molecule has 2 atom stereocenters. The molecule has 0 aliphatic heterocycles. The molecule has 162 valence electrons. The summed E-state index contributed by atoms with van der Waals surface area (Å²) in [6, 6.07) is 6.13. The van der Waals surface area contributed by atoms with E-state index >= 15 is 0 Å². The summed E-state index contributed by atoms with van der Waals surface area (Å²) >= 11 is 6.16. The normalized spacial score (nSPS) is 17.4. The van der Waals surface area contributed by atoms with Crippen molar-refractivity contribution in [1.29, 1.82) is 0 Å². The highest BCUT2D eigenvalue weighted by Gasteiger charge is 2.45. The molecule has 10 nitrogen and oxygen atoms in total. The molecule has 1 aliphatic rings. The predicted molar refractivity (Wildman–Crippen MR) is 116 cm³/mol. The van der Waals surface area contributed by atoms with Gasteiger partial charge in [-0.05, 0) is 37.6 Å². The van der Waals surface area contributed by atoms with E-state index in [1.807, 2.05) is 6.92 Å². The van der Waals surface area contributed by atoms with Gasteiger partial charge < -0.3 is 21.1 Å². The van der Waals surface area contributed by atoms with E-state index in [0.29, 0.717) is 35.7 Å². The first-order valence-electron chi connectivity index (χ1n) is 9.67. The topological polar surface area (TPSA) is 144 Å². The summed E-state index contributed by atoms with van der Waals surface area (Å²) in [6.45, 7) is 2.34. The van der Waals surface area contributed by atoms with Crippen LogP contribution in [-0.2, 0) is 4.79 Å². The van der Waals surface area contributed by atoms with E-state index in [1.165, 1.54) is 17.9 Å². The van der Waals surface area contributed by atoms with Gasteiger partial charge in [-0.2, -0.15) is 0 Å². The molecular weight excluding hydrogens is 424 g/mol. The van der Waals surface area contributed by atoms with Gasteiger partial charge in [-0.25, -0.2) is 9.67 Å². The third-order valence-electron chi connectivity index (χ3n) is 5.17. The number of nitrogens with two attached hydrogens (primary N) is 1. The maximum atomic E-state index is 13.0. The molecule has 11 heteroatoms. The number of anilines is 2. The number of halogens is 1. The van der Waals surface area contributed by atoms with Crippen molar-refractivity contribution in [1.82, 2.24) is 20.1 Å². The maximum Gasteiger partial charge on any atom is 0.278 e. The number of pyridine rings is 1. The van der Waals surface area contributed by atoms with Crippen molar-refractivity contribution in [2.75, 3.05) is 19.0 Å². The van der Waals surface area contributed by atoms with Crippen molar-refractivity contribution in [3.63, 3.8) is 0 Å². The average molecular weight is 445 g/mol. The molecule has 3 aromatic rings. The van der Waals surface area contributed by atoms with Crippen LogP contribution in [0.1, 0.15) is 29.7 Å². The zero-order valence-electron chi connectivity index (χ0n) is 16.9. The summed E-state index contributed by atoms with van der Waals surface area (Å²) in [5.41, 5.74) is 6.69. The van der Waals surface area contributed by atoms with Crippen LogP contribution in [0.5, 0.6) is 5.75 Å². The highest BCUT2D eigenvalue weighted by molar-refractivity contribution is 6.30. The number of benzene rings is 1. The van der Waals surface area contributed by atoms with Crippen LogP contribution in [-0.4, -0.2) is 40.2 Å². The van der Waals surface area contributed by atoms with Gasteiger partial charge in [0.2, 0.25) is 5.91 Å². The fourth-order valence-corrected chi connectivity index (χ4v) is 3.74. The van der Waals surface area contributed by atoms with E-state index in [1.54, 1.807) is 18.2 Å². The minimum Gasteiger partial charge on any atom is -0.495 e. The number of primary amides is 1. The molecule has 2 aromatic heterocycles. The van der Waals surface area contributed by atoms with E-state index in [-0.39, 0.29) is 39.6 Å². The molecular formula is C20H21ClN6O4. The van der Waals surface area contributed by atoms with E-state index in [0.717, 1.165) is 0 Å². The van der Waals surface area contributed by atoms with E-state index < -0.39 is 5.91 Å². The Bertz CT molecular complexity index is 1250. The second-order valence-corrected chi connectivity index (χ2v) is 7.60. The van der Waals surface area contributed by atoms with Gasteiger partial charge >= 0.3 is 0 Å². The molecule has 2 heterocycles. The minimum atomic E-state index is -0.447. The molecule has 4 rings (SSSR count). The van der Waals surface area contributed by atoms with Crippen LogP contribution in [0.25, 0.3) is 11.0 Å². The van der Waals surface area contributed by atoms with Gasteiger partial charge in [-0.1, -0.05) is 11.6 Å². The fourth-order valence-electron chi connectivity index (χ4n) is 3.54. The van der Waals surface area contributed by atoms with Crippen molar-refractivity contribution < 1.29 is 14.3 Å². The summed E-state index contributed by atoms with van der Waals surface area (Å²) in [4.78, 5) is 40.8. The molecule has 31 heavy (non-hydrogen) atoms.